The predicted octanol–water partition coefficient (Wildman–Crippen LogP) is 1.98. The van der Waals surface area contributed by atoms with Crippen molar-refractivity contribution in [2.45, 2.75) is 58.5 Å². The fourth-order valence-corrected chi connectivity index (χ4v) is 3.03. The summed E-state index contributed by atoms with van der Waals surface area (Å²) in [7, 11) is 0. The van der Waals surface area contributed by atoms with Crippen LogP contribution in [0.5, 0.6) is 0 Å². The Labute approximate surface area is 153 Å². The summed E-state index contributed by atoms with van der Waals surface area (Å²) in [5, 5.41) is 21.0. The Morgan fingerprint density at radius 3 is 2.62 bits per heavy atom. The van der Waals surface area contributed by atoms with Gasteiger partial charge in [-0.15, -0.1) is 0 Å². The van der Waals surface area contributed by atoms with E-state index in [2.05, 4.69) is 6.58 Å². The van der Waals surface area contributed by atoms with Gasteiger partial charge in [-0.25, -0.2) is 9.59 Å². The lowest BCUT2D eigenvalue weighted by molar-refractivity contribution is -0.153. The van der Waals surface area contributed by atoms with Gasteiger partial charge in [0.25, 0.3) is 0 Å². The average Bonchev–Trinajstić information content (AvgIpc) is 2.88. The Hall–Kier alpha value is -2.18. The molecule has 0 aromatic carbocycles. The molecule has 26 heavy (non-hydrogen) atoms. The van der Waals surface area contributed by atoms with Crippen molar-refractivity contribution in [3.63, 3.8) is 0 Å². The van der Waals surface area contributed by atoms with Gasteiger partial charge < -0.3 is 19.7 Å². The number of allylic oxidation sites excluding steroid dienone is 1. The zero-order chi connectivity index (χ0) is 19.6. The Balaban J connectivity index is 2.51. The summed E-state index contributed by atoms with van der Waals surface area (Å²) in [6, 6.07) is 0. The molecule has 0 amide bonds. The van der Waals surface area contributed by atoms with E-state index in [4.69, 9.17) is 9.47 Å². The van der Waals surface area contributed by atoms with Crippen molar-refractivity contribution >= 4 is 11.9 Å². The van der Waals surface area contributed by atoms with Gasteiger partial charge in [0, 0.05) is 11.1 Å². The first-order valence-corrected chi connectivity index (χ1v) is 8.62. The number of rotatable bonds is 2. The third-order valence-corrected chi connectivity index (χ3v) is 5.01. The molecule has 1 aliphatic carbocycles. The van der Waals surface area contributed by atoms with E-state index in [1.54, 1.807) is 45.9 Å². The fourth-order valence-electron chi connectivity index (χ4n) is 3.03. The zero-order valence-electron chi connectivity index (χ0n) is 15.6. The van der Waals surface area contributed by atoms with E-state index in [-0.39, 0.29) is 5.57 Å². The first kappa shape index (κ1) is 20.1. The zero-order valence-corrected chi connectivity index (χ0v) is 15.6. The van der Waals surface area contributed by atoms with E-state index in [0.29, 0.717) is 23.1 Å². The summed E-state index contributed by atoms with van der Waals surface area (Å²) < 4.78 is 10.9. The van der Waals surface area contributed by atoms with Crippen molar-refractivity contribution in [1.29, 1.82) is 0 Å². The molecule has 6 nitrogen and oxygen atoms in total. The van der Waals surface area contributed by atoms with Crippen LogP contribution in [0.25, 0.3) is 0 Å². The number of fused-ring (bicyclic) bond motifs is 1. The summed E-state index contributed by atoms with van der Waals surface area (Å²) in [5.41, 5.74) is 1.71. The van der Waals surface area contributed by atoms with Gasteiger partial charge in [0.05, 0.1) is 12.0 Å². The Morgan fingerprint density at radius 2 is 2.00 bits per heavy atom. The number of aliphatic hydroxyl groups excluding tert-OH is 2. The molecule has 1 saturated heterocycles. The normalized spacial score (nSPS) is 37.0. The van der Waals surface area contributed by atoms with Crippen LogP contribution in [-0.4, -0.2) is 46.6 Å². The number of esters is 2. The van der Waals surface area contributed by atoms with Gasteiger partial charge in [0.15, 0.2) is 0 Å². The topological polar surface area (TPSA) is 93.1 Å². The maximum Gasteiger partial charge on any atom is 0.334 e. The van der Waals surface area contributed by atoms with Crippen LogP contribution in [0.15, 0.2) is 47.1 Å². The molecule has 1 heterocycles. The first-order valence-electron chi connectivity index (χ1n) is 8.62. The Bertz CT molecular complexity index is 699. The largest absolute Gasteiger partial charge is 0.455 e. The summed E-state index contributed by atoms with van der Waals surface area (Å²) in [5.74, 6) is -1.92. The van der Waals surface area contributed by atoms with Crippen LogP contribution in [0.2, 0.25) is 0 Å². The number of hydrogen-bond acceptors (Lipinski definition) is 6. The molecule has 0 aromatic heterocycles. The second-order valence-electron chi connectivity index (χ2n) is 6.82. The van der Waals surface area contributed by atoms with Crippen LogP contribution in [-0.2, 0) is 19.1 Å². The lowest BCUT2D eigenvalue weighted by Gasteiger charge is -2.31. The molecule has 142 valence electrons. The third-order valence-electron chi connectivity index (χ3n) is 5.01. The number of ether oxygens (including phenoxy) is 2. The molecule has 0 spiro atoms. The molecule has 1 aliphatic heterocycles. The Kier molecular flexibility index (Phi) is 6.21. The molecule has 0 radical (unpaired) electrons. The number of carbonyl (C=O) groups is 2. The van der Waals surface area contributed by atoms with Crippen molar-refractivity contribution in [3.05, 3.63) is 47.1 Å². The van der Waals surface area contributed by atoms with E-state index in [9.17, 15) is 19.8 Å². The smallest absolute Gasteiger partial charge is 0.334 e. The molecule has 0 saturated carbocycles. The second-order valence-corrected chi connectivity index (χ2v) is 6.82. The molecule has 5 atom stereocenters. The van der Waals surface area contributed by atoms with Gasteiger partial charge >= 0.3 is 11.9 Å². The third kappa shape index (κ3) is 3.97. The first-order chi connectivity index (χ1) is 12.2. The molecule has 0 bridgehead atoms. The van der Waals surface area contributed by atoms with Gasteiger partial charge in [-0.3, -0.25) is 0 Å². The molecule has 0 aromatic rings. The molecule has 2 N–H and O–H groups in total. The molecule has 2 rings (SSSR count). The number of hydrogen-bond donors (Lipinski definition) is 2. The number of carbonyl (C=O) groups excluding carboxylic acids is 2. The van der Waals surface area contributed by atoms with Crippen LogP contribution in [0.1, 0.15) is 34.1 Å². The summed E-state index contributed by atoms with van der Waals surface area (Å²) in [4.78, 5) is 24.4. The average molecular weight is 362 g/mol. The SMILES string of the molecule is C=C1C(=O)O[C@H]2/C=C(\C)[C@H](O)C/C=C(\C)[C@@H](O)[C@@H](OC(=O)/C(C)=C\C)[C@@H]12. The van der Waals surface area contributed by atoms with E-state index < -0.39 is 42.3 Å². The van der Waals surface area contributed by atoms with Crippen LogP contribution < -0.4 is 0 Å². The highest BCUT2D eigenvalue weighted by molar-refractivity contribution is 5.92. The summed E-state index contributed by atoms with van der Waals surface area (Å²) in [6.45, 7) is 10.5. The highest BCUT2D eigenvalue weighted by Crippen LogP contribution is 2.36. The lowest BCUT2D eigenvalue weighted by Crippen LogP contribution is -2.42. The molecular weight excluding hydrogens is 336 g/mol. The minimum Gasteiger partial charge on any atom is -0.455 e. The van der Waals surface area contributed by atoms with Crippen LogP contribution in [0.4, 0.5) is 0 Å². The maximum atomic E-state index is 12.3. The lowest BCUT2D eigenvalue weighted by atomic mass is 9.83. The van der Waals surface area contributed by atoms with Crippen molar-refractivity contribution in [2.24, 2.45) is 5.92 Å². The molecule has 0 unspecified atom stereocenters. The predicted molar refractivity (Wildman–Crippen MR) is 96.0 cm³/mol. The quantitative estimate of drug-likeness (QED) is 0.443. The number of aliphatic hydroxyl groups is 2. The molecular formula is C20H26O6. The van der Waals surface area contributed by atoms with Gasteiger partial charge in [0.2, 0.25) is 0 Å². The van der Waals surface area contributed by atoms with Crippen LogP contribution in [0, 0.1) is 5.92 Å². The minimum atomic E-state index is -1.15. The minimum absolute atomic E-state index is 0.136. The standard InChI is InChI=1S/C20H26O6/c1-6-10(2)19(23)26-18-16-13(5)20(24)25-15(16)9-12(4)14(21)8-7-11(3)17(18)22/h6-7,9,14-18,21-22H,5,8H2,1-4H3/b10-6-,11-7+,12-9+/t14-,15+,16+,17-,18+/m1/s1. The summed E-state index contributed by atoms with van der Waals surface area (Å²) in [6.07, 6.45) is 1.54. The van der Waals surface area contributed by atoms with Gasteiger partial charge in [0.1, 0.15) is 18.3 Å². The van der Waals surface area contributed by atoms with Crippen molar-refractivity contribution < 1.29 is 29.3 Å². The molecule has 2 aliphatic rings. The monoisotopic (exact) mass is 362 g/mol. The highest BCUT2D eigenvalue weighted by atomic mass is 16.6. The van der Waals surface area contributed by atoms with Gasteiger partial charge in [-0.05, 0) is 51.3 Å². The second kappa shape index (κ2) is 8.01. The fraction of sp³-hybridized carbons (Fsp3) is 0.500. The molecule has 1 fully saturated rings. The van der Waals surface area contributed by atoms with Gasteiger partial charge in [-0.1, -0.05) is 18.7 Å². The van der Waals surface area contributed by atoms with E-state index >= 15 is 0 Å². The van der Waals surface area contributed by atoms with Crippen molar-refractivity contribution in [2.75, 3.05) is 0 Å². The van der Waals surface area contributed by atoms with E-state index in [0.717, 1.165) is 0 Å². The maximum absolute atomic E-state index is 12.3. The Morgan fingerprint density at radius 1 is 1.35 bits per heavy atom. The van der Waals surface area contributed by atoms with Crippen LogP contribution >= 0.6 is 0 Å². The van der Waals surface area contributed by atoms with Crippen molar-refractivity contribution in [3.8, 4) is 0 Å². The summed E-state index contributed by atoms with van der Waals surface area (Å²) >= 11 is 0. The van der Waals surface area contributed by atoms with Gasteiger partial charge in [-0.2, -0.15) is 0 Å². The van der Waals surface area contributed by atoms with Crippen molar-refractivity contribution in [1.82, 2.24) is 0 Å². The highest BCUT2D eigenvalue weighted by Gasteiger charge is 2.47. The van der Waals surface area contributed by atoms with Crippen LogP contribution in [0.3, 0.4) is 0 Å². The van der Waals surface area contributed by atoms with E-state index in [1.165, 1.54) is 0 Å². The molecule has 6 heteroatoms. The van der Waals surface area contributed by atoms with E-state index in [1.807, 2.05) is 0 Å².